The van der Waals surface area contributed by atoms with Gasteiger partial charge in [0, 0.05) is 25.8 Å². The topological polar surface area (TPSA) is 56.6 Å². The van der Waals surface area contributed by atoms with Crippen molar-refractivity contribution in [2.45, 2.75) is 13.0 Å². The first-order valence-electron chi connectivity index (χ1n) is 7.95. The quantitative estimate of drug-likeness (QED) is 0.782. The molecule has 3 rings (SSSR count). The maximum Gasteiger partial charge on any atom is 0.359 e. The van der Waals surface area contributed by atoms with Gasteiger partial charge in [0.05, 0.1) is 13.2 Å². The van der Waals surface area contributed by atoms with Crippen LogP contribution in [0, 0.1) is 5.82 Å². The first-order chi connectivity index (χ1) is 11.6. The molecule has 1 aliphatic heterocycles. The number of esters is 1. The summed E-state index contributed by atoms with van der Waals surface area (Å²) in [6.45, 7) is 5.58. The number of carbonyl (C=O) groups is 1. The minimum atomic E-state index is -0.508. The van der Waals surface area contributed by atoms with E-state index in [1.165, 1.54) is 16.8 Å². The highest BCUT2D eigenvalue weighted by Gasteiger charge is 2.19. The Morgan fingerprint density at radius 3 is 2.83 bits per heavy atom. The number of ether oxygens (including phenoxy) is 2. The summed E-state index contributed by atoms with van der Waals surface area (Å²) in [5.74, 6) is -0.910. The predicted octanol–water partition coefficient (Wildman–Crippen LogP) is 1.89. The van der Waals surface area contributed by atoms with E-state index >= 15 is 0 Å². The van der Waals surface area contributed by atoms with E-state index in [9.17, 15) is 9.18 Å². The molecule has 0 aliphatic carbocycles. The van der Waals surface area contributed by atoms with Crippen LogP contribution < -0.4 is 0 Å². The van der Waals surface area contributed by atoms with Crippen LogP contribution in [-0.2, 0) is 9.47 Å². The predicted molar refractivity (Wildman–Crippen MR) is 85.7 cm³/mol. The molecule has 7 heteroatoms. The van der Waals surface area contributed by atoms with Crippen LogP contribution >= 0.6 is 0 Å². The molecule has 0 amide bonds. The summed E-state index contributed by atoms with van der Waals surface area (Å²) in [6.07, 6.45) is 1.29. The van der Waals surface area contributed by atoms with Crippen LogP contribution in [0.15, 0.2) is 36.5 Å². The fourth-order valence-electron chi connectivity index (χ4n) is 2.63. The van der Waals surface area contributed by atoms with Crippen molar-refractivity contribution in [1.29, 1.82) is 0 Å². The summed E-state index contributed by atoms with van der Waals surface area (Å²) in [5.41, 5.74) is 0.449. The number of hydrogen-bond acceptors (Lipinski definition) is 5. The van der Waals surface area contributed by atoms with Crippen LogP contribution in [0.5, 0.6) is 0 Å². The largest absolute Gasteiger partial charge is 0.457 e. The smallest absolute Gasteiger partial charge is 0.359 e. The zero-order chi connectivity index (χ0) is 16.9. The molecule has 0 saturated carbocycles. The Bertz CT molecular complexity index is 698. The van der Waals surface area contributed by atoms with Gasteiger partial charge in [0.1, 0.15) is 17.6 Å². The number of rotatable bonds is 5. The molecule has 0 N–H and O–H groups in total. The van der Waals surface area contributed by atoms with E-state index in [1.807, 2.05) is 6.92 Å². The molecule has 24 heavy (non-hydrogen) atoms. The van der Waals surface area contributed by atoms with E-state index in [0.717, 1.165) is 13.1 Å². The van der Waals surface area contributed by atoms with Gasteiger partial charge >= 0.3 is 5.97 Å². The van der Waals surface area contributed by atoms with Gasteiger partial charge in [-0.25, -0.2) is 13.9 Å². The fraction of sp³-hybridized carbons (Fsp3) is 0.412. The average Bonchev–Trinajstić information content (AvgIpc) is 3.06. The number of para-hydroxylation sites is 1. The first kappa shape index (κ1) is 16.6. The Morgan fingerprint density at radius 1 is 1.33 bits per heavy atom. The third-order valence-electron chi connectivity index (χ3n) is 3.82. The minimum Gasteiger partial charge on any atom is -0.457 e. The van der Waals surface area contributed by atoms with Crippen molar-refractivity contribution in [2.75, 3.05) is 32.8 Å². The Labute approximate surface area is 139 Å². The number of hydrogen-bond donors (Lipinski definition) is 0. The number of benzene rings is 1. The second kappa shape index (κ2) is 7.55. The summed E-state index contributed by atoms with van der Waals surface area (Å²) in [6, 6.07) is 7.78. The molecule has 2 heterocycles. The van der Waals surface area contributed by atoms with Gasteiger partial charge in [-0.2, -0.15) is 5.10 Å². The normalized spacial score (nSPS) is 16.8. The number of morpholine rings is 1. The number of aromatic nitrogens is 2. The zero-order valence-electron chi connectivity index (χ0n) is 13.5. The highest BCUT2D eigenvalue weighted by Crippen LogP contribution is 2.13. The van der Waals surface area contributed by atoms with Crippen LogP contribution in [0.1, 0.15) is 17.4 Å². The summed E-state index contributed by atoms with van der Waals surface area (Å²) < 4.78 is 25.8. The second-order valence-corrected chi connectivity index (χ2v) is 5.73. The van der Waals surface area contributed by atoms with E-state index in [4.69, 9.17) is 9.47 Å². The van der Waals surface area contributed by atoms with Crippen molar-refractivity contribution >= 4 is 5.97 Å². The lowest BCUT2D eigenvalue weighted by atomic mass is 10.3. The standard InChI is InChI=1S/C17H20FN3O3/c1-13(12-20-8-10-23-11-9-20)24-17(22)15-6-7-21(19-15)16-5-3-2-4-14(16)18/h2-7,13H,8-12H2,1H3/t13-/m0/s1. The van der Waals surface area contributed by atoms with Crippen LogP contribution in [0.2, 0.25) is 0 Å². The number of halogens is 1. The van der Waals surface area contributed by atoms with Gasteiger partial charge in [-0.05, 0) is 25.1 Å². The van der Waals surface area contributed by atoms with E-state index in [1.54, 1.807) is 24.4 Å². The highest BCUT2D eigenvalue weighted by atomic mass is 19.1. The molecule has 128 valence electrons. The molecular weight excluding hydrogens is 313 g/mol. The third-order valence-corrected chi connectivity index (χ3v) is 3.82. The van der Waals surface area contributed by atoms with E-state index in [-0.39, 0.29) is 17.5 Å². The van der Waals surface area contributed by atoms with Gasteiger partial charge in [-0.15, -0.1) is 0 Å². The van der Waals surface area contributed by atoms with Crippen molar-refractivity contribution in [2.24, 2.45) is 0 Å². The van der Waals surface area contributed by atoms with Crippen molar-refractivity contribution < 1.29 is 18.7 Å². The van der Waals surface area contributed by atoms with Gasteiger partial charge in [-0.3, -0.25) is 4.90 Å². The average molecular weight is 333 g/mol. The Balaban J connectivity index is 1.60. The summed E-state index contributed by atoms with van der Waals surface area (Å²) in [5, 5.41) is 4.11. The second-order valence-electron chi connectivity index (χ2n) is 5.73. The van der Waals surface area contributed by atoms with Gasteiger partial charge in [-0.1, -0.05) is 12.1 Å². The SMILES string of the molecule is C[C@@H](CN1CCOCC1)OC(=O)c1ccn(-c2ccccc2F)n1. The Morgan fingerprint density at radius 2 is 2.08 bits per heavy atom. The van der Waals surface area contributed by atoms with E-state index in [0.29, 0.717) is 19.8 Å². The molecule has 0 bridgehead atoms. The molecule has 0 unspecified atom stereocenters. The lowest BCUT2D eigenvalue weighted by Crippen LogP contribution is -2.41. The molecule has 0 spiro atoms. The first-order valence-corrected chi connectivity index (χ1v) is 7.95. The van der Waals surface area contributed by atoms with Crippen molar-refractivity contribution in [3.05, 3.63) is 48.0 Å². The zero-order valence-corrected chi connectivity index (χ0v) is 13.5. The minimum absolute atomic E-state index is 0.159. The number of nitrogens with zero attached hydrogens (tertiary/aromatic N) is 3. The van der Waals surface area contributed by atoms with Crippen molar-refractivity contribution in [1.82, 2.24) is 14.7 Å². The summed E-state index contributed by atoms with van der Waals surface area (Å²) in [4.78, 5) is 14.4. The molecule has 1 atom stereocenters. The van der Waals surface area contributed by atoms with Gasteiger partial charge in [0.25, 0.3) is 0 Å². The molecule has 1 aliphatic rings. The van der Waals surface area contributed by atoms with Crippen molar-refractivity contribution in [3.8, 4) is 5.69 Å². The van der Waals surface area contributed by atoms with E-state index < -0.39 is 11.8 Å². The molecular formula is C17H20FN3O3. The fourth-order valence-corrected chi connectivity index (χ4v) is 2.63. The highest BCUT2D eigenvalue weighted by molar-refractivity contribution is 5.87. The molecule has 1 fully saturated rings. The van der Waals surface area contributed by atoms with E-state index in [2.05, 4.69) is 10.00 Å². The van der Waals surface area contributed by atoms with Crippen LogP contribution in [-0.4, -0.2) is 59.6 Å². The summed E-state index contributed by atoms with van der Waals surface area (Å²) in [7, 11) is 0. The number of carbonyl (C=O) groups excluding carboxylic acids is 1. The van der Waals surface area contributed by atoms with Crippen molar-refractivity contribution in [3.63, 3.8) is 0 Å². The van der Waals surface area contributed by atoms with Crippen LogP contribution in [0.25, 0.3) is 5.69 Å². The molecule has 0 radical (unpaired) electrons. The van der Waals surface area contributed by atoms with Gasteiger partial charge in [0.15, 0.2) is 5.69 Å². The lowest BCUT2D eigenvalue weighted by molar-refractivity contribution is 0.0000910. The molecule has 1 saturated heterocycles. The molecule has 1 aromatic heterocycles. The van der Waals surface area contributed by atoms with Gasteiger partial charge < -0.3 is 9.47 Å². The third kappa shape index (κ3) is 3.98. The van der Waals surface area contributed by atoms with Crippen LogP contribution in [0.3, 0.4) is 0 Å². The summed E-state index contributed by atoms with van der Waals surface area (Å²) >= 11 is 0. The van der Waals surface area contributed by atoms with Gasteiger partial charge in [0.2, 0.25) is 0 Å². The van der Waals surface area contributed by atoms with Crippen LogP contribution in [0.4, 0.5) is 4.39 Å². The Kier molecular flexibility index (Phi) is 5.22. The monoisotopic (exact) mass is 333 g/mol. The maximum absolute atomic E-state index is 13.8. The molecule has 2 aromatic rings. The Hall–Kier alpha value is -2.25. The molecule has 1 aromatic carbocycles. The maximum atomic E-state index is 13.8. The molecule has 6 nitrogen and oxygen atoms in total. The lowest BCUT2D eigenvalue weighted by Gasteiger charge is -2.28.